The second-order valence-corrected chi connectivity index (χ2v) is 4.88. The van der Waals surface area contributed by atoms with Crippen LogP contribution in [0, 0.1) is 5.92 Å². The molecule has 1 N–H and O–H groups in total. The Morgan fingerprint density at radius 3 is 2.73 bits per heavy atom. The van der Waals surface area contributed by atoms with Crippen LogP contribution < -0.4 is 5.32 Å². The number of ether oxygens (including phenoxy) is 1. The topological polar surface area (TPSA) is 41.6 Å². The molecular formula is C11H20N2O2. The van der Waals surface area contributed by atoms with Crippen molar-refractivity contribution in [2.75, 3.05) is 33.3 Å². The number of amides is 1. The highest BCUT2D eigenvalue weighted by molar-refractivity contribution is 5.78. The van der Waals surface area contributed by atoms with Gasteiger partial charge in [-0.25, -0.2) is 0 Å². The van der Waals surface area contributed by atoms with Crippen LogP contribution >= 0.6 is 0 Å². The Morgan fingerprint density at radius 2 is 2.13 bits per heavy atom. The molecule has 2 heterocycles. The van der Waals surface area contributed by atoms with Crippen molar-refractivity contribution in [3.8, 4) is 0 Å². The molecule has 4 heteroatoms. The van der Waals surface area contributed by atoms with Gasteiger partial charge in [0.25, 0.3) is 0 Å². The molecule has 2 aliphatic rings. The molecule has 2 aliphatic heterocycles. The van der Waals surface area contributed by atoms with E-state index in [2.05, 4.69) is 12.2 Å². The summed E-state index contributed by atoms with van der Waals surface area (Å²) in [4.78, 5) is 13.2. The van der Waals surface area contributed by atoms with E-state index in [0.29, 0.717) is 5.92 Å². The molecule has 0 spiro atoms. The van der Waals surface area contributed by atoms with Crippen molar-refractivity contribution in [3.63, 3.8) is 0 Å². The molecular weight excluding hydrogens is 192 g/mol. The normalized spacial score (nSPS) is 34.5. The Kier molecular flexibility index (Phi) is 2.98. The Hall–Kier alpha value is -0.610. The van der Waals surface area contributed by atoms with Crippen molar-refractivity contribution in [2.24, 2.45) is 5.92 Å². The van der Waals surface area contributed by atoms with E-state index in [9.17, 15) is 4.79 Å². The number of nitrogens with zero attached hydrogens (tertiary/aromatic N) is 1. The molecule has 1 unspecified atom stereocenters. The van der Waals surface area contributed by atoms with Gasteiger partial charge in [-0.15, -0.1) is 0 Å². The predicted octanol–water partition coefficient (Wildman–Crippen LogP) is 0.233. The molecule has 1 amide bonds. The lowest BCUT2D eigenvalue weighted by Crippen LogP contribution is -2.56. The van der Waals surface area contributed by atoms with Crippen LogP contribution in [0.3, 0.4) is 0 Å². The molecule has 86 valence electrons. The summed E-state index contributed by atoms with van der Waals surface area (Å²) < 4.78 is 5.77. The standard InChI is InChI=1S/C11H20N2O2/c1-11(9-3-5-12-6-4-9)8-13(2)10(14)7-15-11/h9,12H,3-8H2,1-2H3. The lowest BCUT2D eigenvalue weighted by molar-refractivity contribution is -0.169. The molecule has 0 saturated carbocycles. The number of carbonyl (C=O) groups is 1. The van der Waals surface area contributed by atoms with Crippen LogP contribution in [0.4, 0.5) is 0 Å². The van der Waals surface area contributed by atoms with Gasteiger partial charge >= 0.3 is 0 Å². The Morgan fingerprint density at radius 1 is 1.47 bits per heavy atom. The molecule has 0 aliphatic carbocycles. The number of carbonyl (C=O) groups excluding carboxylic acids is 1. The first-order chi connectivity index (χ1) is 7.12. The zero-order chi connectivity index (χ0) is 10.9. The van der Waals surface area contributed by atoms with E-state index in [1.165, 1.54) is 0 Å². The van der Waals surface area contributed by atoms with Gasteiger partial charge in [-0.3, -0.25) is 4.79 Å². The Bertz CT molecular complexity index is 251. The van der Waals surface area contributed by atoms with E-state index in [0.717, 1.165) is 32.5 Å². The molecule has 1 atom stereocenters. The number of piperidine rings is 1. The van der Waals surface area contributed by atoms with Crippen molar-refractivity contribution in [2.45, 2.75) is 25.4 Å². The van der Waals surface area contributed by atoms with Gasteiger partial charge < -0.3 is 15.0 Å². The van der Waals surface area contributed by atoms with Crippen LogP contribution in [-0.4, -0.2) is 49.7 Å². The molecule has 0 bridgehead atoms. The van der Waals surface area contributed by atoms with Crippen LogP contribution in [0.2, 0.25) is 0 Å². The quantitative estimate of drug-likeness (QED) is 0.676. The Labute approximate surface area is 91.0 Å². The summed E-state index contributed by atoms with van der Waals surface area (Å²) in [5.74, 6) is 0.677. The summed E-state index contributed by atoms with van der Waals surface area (Å²) in [6.07, 6.45) is 2.30. The first-order valence-corrected chi connectivity index (χ1v) is 5.70. The SMILES string of the molecule is CN1CC(C)(C2CCNCC2)OCC1=O. The van der Waals surface area contributed by atoms with Crippen LogP contribution in [-0.2, 0) is 9.53 Å². The van der Waals surface area contributed by atoms with Crippen LogP contribution in [0.1, 0.15) is 19.8 Å². The minimum Gasteiger partial charge on any atom is -0.363 e. The van der Waals surface area contributed by atoms with Gasteiger partial charge in [0.1, 0.15) is 6.61 Å². The minimum absolute atomic E-state index is 0.0985. The third kappa shape index (κ3) is 2.16. The fourth-order valence-electron chi connectivity index (χ4n) is 2.62. The van der Waals surface area contributed by atoms with Gasteiger partial charge in [0, 0.05) is 13.6 Å². The van der Waals surface area contributed by atoms with Gasteiger partial charge in [0.2, 0.25) is 5.91 Å². The van der Waals surface area contributed by atoms with Gasteiger partial charge in [-0.2, -0.15) is 0 Å². The van der Waals surface area contributed by atoms with E-state index in [1.807, 2.05) is 7.05 Å². The highest BCUT2D eigenvalue weighted by Gasteiger charge is 2.41. The van der Waals surface area contributed by atoms with Crippen molar-refractivity contribution >= 4 is 5.91 Å². The maximum atomic E-state index is 11.4. The second kappa shape index (κ2) is 4.10. The van der Waals surface area contributed by atoms with Crippen LogP contribution in [0.5, 0.6) is 0 Å². The fourth-order valence-corrected chi connectivity index (χ4v) is 2.62. The molecule has 2 saturated heterocycles. The van der Waals surface area contributed by atoms with Crippen molar-refractivity contribution < 1.29 is 9.53 Å². The van der Waals surface area contributed by atoms with E-state index < -0.39 is 0 Å². The number of rotatable bonds is 1. The first-order valence-electron chi connectivity index (χ1n) is 5.70. The number of morpholine rings is 1. The van der Waals surface area contributed by atoms with Crippen LogP contribution in [0.15, 0.2) is 0 Å². The fraction of sp³-hybridized carbons (Fsp3) is 0.909. The maximum Gasteiger partial charge on any atom is 0.248 e. The maximum absolute atomic E-state index is 11.4. The van der Waals surface area contributed by atoms with E-state index in [4.69, 9.17) is 4.74 Å². The predicted molar refractivity (Wildman–Crippen MR) is 57.6 cm³/mol. The average molecular weight is 212 g/mol. The molecule has 0 aromatic carbocycles. The third-order valence-electron chi connectivity index (χ3n) is 3.70. The molecule has 0 radical (unpaired) electrons. The van der Waals surface area contributed by atoms with Gasteiger partial charge in [-0.1, -0.05) is 0 Å². The minimum atomic E-state index is -0.134. The van der Waals surface area contributed by atoms with Crippen molar-refractivity contribution in [1.29, 1.82) is 0 Å². The van der Waals surface area contributed by atoms with Crippen molar-refractivity contribution in [3.05, 3.63) is 0 Å². The molecule has 2 fully saturated rings. The summed E-state index contributed by atoms with van der Waals surface area (Å²) in [5, 5.41) is 3.35. The molecule has 4 nitrogen and oxygen atoms in total. The van der Waals surface area contributed by atoms with Crippen molar-refractivity contribution in [1.82, 2.24) is 10.2 Å². The molecule has 15 heavy (non-hydrogen) atoms. The van der Waals surface area contributed by atoms with Crippen LogP contribution in [0.25, 0.3) is 0 Å². The summed E-state index contributed by atoms with van der Waals surface area (Å²) in [6.45, 7) is 5.27. The average Bonchev–Trinajstić information content (AvgIpc) is 2.26. The Balaban J connectivity index is 2.02. The highest BCUT2D eigenvalue weighted by atomic mass is 16.5. The summed E-state index contributed by atoms with van der Waals surface area (Å²) >= 11 is 0. The number of likely N-dealkylation sites (N-methyl/N-ethyl adjacent to an activating group) is 1. The van der Waals surface area contributed by atoms with E-state index in [-0.39, 0.29) is 18.1 Å². The summed E-state index contributed by atoms with van der Waals surface area (Å²) in [6, 6.07) is 0. The van der Waals surface area contributed by atoms with Gasteiger partial charge in [0.15, 0.2) is 0 Å². The van der Waals surface area contributed by atoms with Gasteiger partial charge in [-0.05, 0) is 38.8 Å². The second-order valence-electron chi connectivity index (χ2n) is 4.88. The lowest BCUT2D eigenvalue weighted by Gasteiger charge is -2.45. The largest absolute Gasteiger partial charge is 0.363 e. The smallest absolute Gasteiger partial charge is 0.248 e. The zero-order valence-electron chi connectivity index (χ0n) is 9.58. The lowest BCUT2D eigenvalue weighted by atomic mass is 9.81. The van der Waals surface area contributed by atoms with Gasteiger partial charge in [0.05, 0.1) is 5.60 Å². The zero-order valence-corrected chi connectivity index (χ0v) is 9.58. The number of hydrogen-bond acceptors (Lipinski definition) is 3. The van der Waals surface area contributed by atoms with E-state index in [1.54, 1.807) is 4.90 Å². The van der Waals surface area contributed by atoms with E-state index >= 15 is 0 Å². The summed E-state index contributed by atoms with van der Waals surface area (Å²) in [7, 11) is 1.87. The number of hydrogen-bond donors (Lipinski definition) is 1. The summed E-state index contributed by atoms with van der Waals surface area (Å²) in [5.41, 5.74) is -0.134. The monoisotopic (exact) mass is 212 g/mol. The first kappa shape index (κ1) is 10.9. The molecule has 0 aromatic heterocycles. The highest BCUT2D eigenvalue weighted by Crippen LogP contribution is 2.32. The third-order valence-corrected chi connectivity index (χ3v) is 3.70. The number of nitrogens with one attached hydrogen (secondary N) is 1. The molecule has 0 aromatic rings. The molecule has 2 rings (SSSR count).